The number of nitrogens with one attached hydrogen (secondary N) is 2. The monoisotopic (exact) mass is 246 g/mol. The zero-order valence-electron chi connectivity index (χ0n) is 9.82. The van der Waals surface area contributed by atoms with Crippen LogP contribution in [0.5, 0.6) is 0 Å². The van der Waals surface area contributed by atoms with Gasteiger partial charge in [0.25, 0.3) is 0 Å². The number of benzene rings is 1. The largest absolute Gasteiger partial charge is 0.478 e. The number of carbonyl (C=O) groups excluding carboxylic acids is 1. The molecule has 1 spiro atoms. The predicted octanol–water partition coefficient (Wildman–Crippen LogP) is 2.06. The lowest BCUT2D eigenvalue weighted by Gasteiger charge is -2.42. The Morgan fingerprint density at radius 3 is 2.72 bits per heavy atom. The third kappa shape index (κ3) is 1.63. The molecule has 3 N–H and O–H groups in total. The lowest BCUT2D eigenvalue weighted by atomic mass is 9.74. The molecule has 0 unspecified atom stereocenters. The summed E-state index contributed by atoms with van der Waals surface area (Å²) in [7, 11) is 0. The van der Waals surface area contributed by atoms with Crippen molar-refractivity contribution in [3.05, 3.63) is 23.8 Å². The SMILES string of the molecule is O=C1CC2(CCC2)Nc2c(cccc2C(=O)O)N1. The van der Waals surface area contributed by atoms with Gasteiger partial charge in [-0.3, -0.25) is 4.79 Å². The molecule has 1 fully saturated rings. The van der Waals surface area contributed by atoms with E-state index in [0.717, 1.165) is 19.3 Å². The van der Waals surface area contributed by atoms with E-state index >= 15 is 0 Å². The number of hydrogen-bond donors (Lipinski definition) is 3. The number of hydrogen-bond acceptors (Lipinski definition) is 3. The van der Waals surface area contributed by atoms with Crippen LogP contribution in [0.4, 0.5) is 11.4 Å². The summed E-state index contributed by atoms with van der Waals surface area (Å²) in [5.41, 5.74) is 1.06. The fourth-order valence-electron chi connectivity index (χ4n) is 2.69. The van der Waals surface area contributed by atoms with E-state index in [1.807, 2.05) is 0 Å². The van der Waals surface area contributed by atoms with Gasteiger partial charge in [0, 0.05) is 12.0 Å². The minimum atomic E-state index is -0.982. The van der Waals surface area contributed by atoms with E-state index in [2.05, 4.69) is 10.6 Å². The van der Waals surface area contributed by atoms with Gasteiger partial charge < -0.3 is 15.7 Å². The number of para-hydroxylation sites is 1. The van der Waals surface area contributed by atoms with E-state index in [-0.39, 0.29) is 17.0 Å². The first-order valence-electron chi connectivity index (χ1n) is 6.04. The molecule has 1 amide bonds. The van der Waals surface area contributed by atoms with E-state index in [9.17, 15) is 14.7 Å². The molecule has 5 heteroatoms. The second-order valence-corrected chi connectivity index (χ2v) is 5.02. The molecule has 1 saturated carbocycles. The molecule has 1 heterocycles. The zero-order valence-corrected chi connectivity index (χ0v) is 9.82. The molecule has 0 bridgehead atoms. The average Bonchev–Trinajstić information content (AvgIpc) is 2.42. The number of anilines is 2. The van der Waals surface area contributed by atoms with E-state index in [1.54, 1.807) is 18.2 Å². The lowest BCUT2D eigenvalue weighted by molar-refractivity contribution is -0.117. The van der Waals surface area contributed by atoms with Crippen LogP contribution in [-0.4, -0.2) is 22.5 Å². The molecule has 1 aromatic carbocycles. The minimum Gasteiger partial charge on any atom is -0.478 e. The number of amides is 1. The Kier molecular flexibility index (Phi) is 2.29. The van der Waals surface area contributed by atoms with Crippen LogP contribution in [0, 0.1) is 0 Å². The van der Waals surface area contributed by atoms with Gasteiger partial charge in [-0.15, -0.1) is 0 Å². The molecule has 5 nitrogen and oxygen atoms in total. The van der Waals surface area contributed by atoms with E-state index in [4.69, 9.17) is 0 Å². The molecule has 2 aliphatic rings. The van der Waals surface area contributed by atoms with Crippen LogP contribution in [0.25, 0.3) is 0 Å². The van der Waals surface area contributed by atoms with Gasteiger partial charge in [-0.05, 0) is 31.4 Å². The molecule has 1 aliphatic heterocycles. The molecule has 0 saturated heterocycles. The van der Waals surface area contributed by atoms with Gasteiger partial charge in [0.2, 0.25) is 5.91 Å². The summed E-state index contributed by atoms with van der Waals surface area (Å²) < 4.78 is 0. The van der Waals surface area contributed by atoms with Crippen LogP contribution in [0.15, 0.2) is 18.2 Å². The van der Waals surface area contributed by atoms with Crippen LogP contribution < -0.4 is 10.6 Å². The van der Waals surface area contributed by atoms with Gasteiger partial charge in [0.05, 0.1) is 16.9 Å². The Balaban J connectivity index is 2.10. The second-order valence-electron chi connectivity index (χ2n) is 5.02. The number of aromatic carboxylic acids is 1. The highest BCUT2D eigenvalue weighted by atomic mass is 16.4. The Morgan fingerprint density at radius 2 is 2.11 bits per heavy atom. The van der Waals surface area contributed by atoms with Gasteiger partial charge in [0.1, 0.15) is 0 Å². The highest BCUT2D eigenvalue weighted by molar-refractivity contribution is 6.04. The Bertz CT molecular complexity index is 535. The molecule has 3 rings (SSSR count). The van der Waals surface area contributed by atoms with Crippen molar-refractivity contribution in [1.82, 2.24) is 0 Å². The number of carboxylic acids is 1. The molecule has 1 aliphatic carbocycles. The normalized spacial score (nSPS) is 20.1. The fraction of sp³-hybridized carbons (Fsp3) is 0.385. The van der Waals surface area contributed by atoms with E-state index in [0.29, 0.717) is 17.8 Å². The highest BCUT2D eigenvalue weighted by Gasteiger charge is 2.41. The molecular formula is C13H14N2O3. The Morgan fingerprint density at radius 1 is 1.33 bits per heavy atom. The first-order chi connectivity index (χ1) is 8.60. The van der Waals surface area contributed by atoms with Crippen molar-refractivity contribution in [1.29, 1.82) is 0 Å². The molecule has 0 radical (unpaired) electrons. The van der Waals surface area contributed by atoms with Crippen LogP contribution in [0.2, 0.25) is 0 Å². The van der Waals surface area contributed by atoms with Crippen molar-refractivity contribution in [2.24, 2.45) is 0 Å². The van der Waals surface area contributed by atoms with Crippen molar-refractivity contribution in [3.63, 3.8) is 0 Å². The first kappa shape index (κ1) is 11.1. The average molecular weight is 246 g/mol. The molecule has 0 atom stereocenters. The van der Waals surface area contributed by atoms with Crippen LogP contribution >= 0.6 is 0 Å². The number of carbonyl (C=O) groups is 2. The van der Waals surface area contributed by atoms with Crippen LogP contribution in [-0.2, 0) is 4.79 Å². The highest BCUT2D eigenvalue weighted by Crippen LogP contribution is 2.43. The maximum absolute atomic E-state index is 11.8. The summed E-state index contributed by atoms with van der Waals surface area (Å²) in [6.45, 7) is 0. The Labute approximate surface area is 104 Å². The lowest BCUT2D eigenvalue weighted by Crippen LogP contribution is -2.46. The fourth-order valence-corrected chi connectivity index (χ4v) is 2.69. The van der Waals surface area contributed by atoms with Crippen molar-refractivity contribution in [3.8, 4) is 0 Å². The van der Waals surface area contributed by atoms with E-state index in [1.165, 1.54) is 0 Å². The third-order valence-corrected chi connectivity index (χ3v) is 3.77. The summed E-state index contributed by atoms with van der Waals surface area (Å²) in [6.07, 6.45) is 3.30. The van der Waals surface area contributed by atoms with Gasteiger partial charge in [0.15, 0.2) is 0 Å². The summed E-state index contributed by atoms with van der Waals surface area (Å²) in [6, 6.07) is 4.92. The van der Waals surface area contributed by atoms with Crippen molar-refractivity contribution < 1.29 is 14.7 Å². The van der Waals surface area contributed by atoms with Gasteiger partial charge in [-0.2, -0.15) is 0 Å². The quantitative estimate of drug-likeness (QED) is 0.708. The topological polar surface area (TPSA) is 78.4 Å². The van der Waals surface area contributed by atoms with Crippen molar-refractivity contribution >= 4 is 23.3 Å². The van der Waals surface area contributed by atoms with Crippen molar-refractivity contribution in [2.45, 2.75) is 31.2 Å². The van der Waals surface area contributed by atoms with Gasteiger partial charge in [-0.25, -0.2) is 4.79 Å². The maximum atomic E-state index is 11.8. The first-order valence-corrected chi connectivity index (χ1v) is 6.04. The summed E-state index contributed by atoms with van der Waals surface area (Å²) in [5, 5.41) is 15.3. The number of fused-ring (bicyclic) bond motifs is 1. The third-order valence-electron chi connectivity index (χ3n) is 3.77. The molecular weight excluding hydrogens is 232 g/mol. The molecule has 94 valence electrons. The molecule has 0 aromatic heterocycles. The van der Waals surface area contributed by atoms with Crippen molar-refractivity contribution in [2.75, 3.05) is 10.6 Å². The maximum Gasteiger partial charge on any atom is 0.337 e. The predicted molar refractivity (Wildman–Crippen MR) is 66.9 cm³/mol. The van der Waals surface area contributed by atoms with Gasteiger partial charge >= 0.3 is 5.97 Å². The smallest absolute Gasteiger partial charge is 0.337 e. The van der Waals surface area contributed by atoms with Crippen LogP contribution in [0.1, 0.15) is 36.0 Å². The second kappa shape index (κ2) is 3.73. The standard InChI is InChI=1S/C13H14N2O3/c16-10-7-13(5-2-6-13)15-11-8(12(17)18)3-1-4-9(11)14-10/h1,3-4,15H,2,5-7H2,(H,14,16)(H,17,18). The summed E-state index contributed by atoms with van der Waals surface area (Å²) in [5.74, 6) is -1.03. The number of rotatable bonds is 1. The van der Waals surface area contributed by atoms with Gasteiger partial charge in [-0.1, -0.05) is 6.07 Å². The molecule has 1 aromatic rings. The summed E-state index contributed by atoms with van der Waals surface area (Å²) >= 11 is 0. The zero-order chi connectivity index (χ0) is 12.8. The van der Waals surface area contributed by atoms with E-state index < -0.39 is 5.97 Å². The number of carboxylic acid groups (broad SMARTS) is 1. The van der Waals surface area contributed by atoms with Crippen LogP contribution in [0.3, 0.4) is 0 Å². The molecule has 18 heavy (non-hydrogen) atoms. The Hall–Kier alpha value is -2.04. The minimum absolute atomic E-state index is 0.0523. The summed E-state index contributed by atoms with van der Waals surface area (Å²) in [4.78, 5) is 23.1.